The lowest BCUT2D eigenvalue weighted by Gasteiger charge is -2.05. The molecule has 1 aromatic heterocycles. The maximum Gasteiger partial charge on any atom is 0.222 e. The van der Waals surface area contributed by atoms with Crippen LogP contribution in [0.15, 0.2) is 10.7 Å². The minimum Gasteiger partial charge on any atom is -0.225 e. The van der Waals surface area contributed by atoms with Gasteiger partial charge in [0, 0.05) is 6.20 Å². The summed E-state index contributed by atoms with van der Waals surface area (Å²) in [5, 5.41) is 0.303. The van der Waals surface area contributed by atoms with E-state index in [-0.39, 0.29) is 0 Å². The van der Waals surface area contributed by atoms with Gasteiger partial charge in [0.25, 0.3) is 0 Å². The van der Waals surface area contributed by atoms with Crippen LogP contribution in [-0.4, -0.2) is 9.97 Å². The third-order valence-corrected chi connectivity index (χ3v) is 2.08. The quantitative estimate of drug-likeness (QED) is 0.699. The fraction of sp³-hybridized carbons (Fsp3) is 0.429. The van der Waals surface area contributed by atoms with Crippen molar-refractivity contribution in [2.75, 3.05) is 0 Å². The molecule has 0 amide bonds. The summed E-state index contributed by atoms with van der Waals surface area (Å²) < 4.78 is 0.914. The van der Waals surface area contributed by atoms with Gasteiger partial charge in [-0.15, -0.1) is 0 Å². The second-order valence-corrected chi connectivity index (χ2v) is 3.72. The number of halogens is 2. The average Bonchev–Trinajstić information content (AvgIpc) is 1.94. The number of hydrogen-bond donors (Lipinski definition) is 0. The lowest BCUT2D eigenvalue weighted by Crippen LogP contribution is -1.95. The molecule has 1 aromatic rings. The standard InChI is InChI=1S/C7H8BrClN2/c1-4(2)6-5(8)3-10-7(9)11-6/h3-4H,1-2H3. The van der Waals surface area contributed by atoms with E-state index in [0.29, 0.717) is 11.2 Å². The molecule has 0 N–H and O–H groups in total. The van der Waals surface area contributed by atoms with E-state index in [1.54, 1.807) is 6.20 Å². The van der Waals surface area contributed by atoms with Crippen LogP contribution < -0.4 is 0 Å². The Morgan fingerprint density at radius 1 is 1.55 bits per heavy atom. The Morgan fingerprint density at radius 3 is 2.64 bits per heavy atom. The highest BCUT2D eigenvalue weighted by Gasteiger charge is 2.06. The van der Waals surface area contributed by atoms with Gasteiger partial charge in [-0.25, -0.2) is 9.97 Å². The molecule has 0 aliphatic rings. The van der Waals surface area contributed by atoms with Gasteiger partial charge in [0.1, 0.15) is 0 Å². The highest BCUT2D eigenvalue weighted by atomic mass is 79.9. The first kappa shape index (κ1) is 8.94. The summed E-state index contributed by atoms with van der Waals surface area (Å²) >= 11 is 8.97. The zero-order valence-electron chi connectivity index (χ0n) is 6.31. The molecule has 0 spiro atoms. The third-order valence-electron chi connectivity index (χ3n) is 1.29. The molecule has 0 saturated heterocycles. The molecule has 1 heterocycles. The Morgan fingerprint density at radius 2 is 2.18 bits per heavy atom. The molecular weight excluding hydrogens is 227 g/mol. The van der Waals surface area contributed by atoms with Gasteiger partial charge < -0.3 is 0 Å². The molecule has 11 heavy (non-hydrogen) atoms. The van der Waals surface area contributed by atoms with Crippen LogP contribution in [0.25, 0.3) is 0 Å². The van der Waals surface area contributed by atoms with Gasteiger partial charge in [-0.1, -0.05) is 13.8 Å². The van der Waals surface area contributed by atoms with Gasteiger partial charge in [-0.05, 0) is 33.4 Å². The first-order valence-corrected chi connectivity index (χ1v) is 4.46. The van der Waals surface area contributed by atoms with Crippen molar-refractivity contribution in [1.29, 1.82) is 0 Å². The summed E-state index contributed by atoms with van der Waals surface area (Å²) in [6.45, 7) is 4.12. The van der Waals surface area contributed by atoms with Crippen LogP contribution in [0.2, 0.25) is 5.28 Å². The normalized spacial score (nSPS) is 10.6. The van der Waals surface area contributed by atoms with Crippen molar-refractivity contribution < 1.29 is 0 Å². The molecule has 4 heteroatoms. The number of aromatic nitrogens is 2. The lowest BCUT2D eigenvalue weighted by molar-refractivity contribution is 0.806. The Balaban J connectivity index is 3.13. The highest BCUT2D eigenvalue weighted by Crippen LogP contribution is 2.22. The van der Waals surface area contributed by atoms with E-state index in [1.165, 1.54) is 0 Å². The van der Waals surface area contributed by atoms with E-state index in [4.69, 9.17) is 11.6 Å². The van der Waals surface area contributed by atoms with Crippen molar-refractivity contribution in [1.82, 2.24) is 9.97 Å². The Labute approximate surface area is 79.1 Å². The lowest BCUT2D eigenvalue weighted by atomic mass is 10.1. The molecule has 60 valence electrons. The van der Waals surface area contributed by atoms with E-state index in [9.17, 15) is 0 Å². The fourth-order valence-corrected chi connectivity index (χ4v) is 1.55. The summed E-state index contributed by atoms with van der Waals surface area (Å²) in [5.74, 6) is 0.366. The monoisotopic (exact) mass is 234 g/mol. The predicted octanol–water partition coefficient (Wildman–Crippen LogP) is 3.02. The number of rotatable bonds is 1. The van der Waals surface area contributed by atoms with E-state index >= 15 is 0 Å². The minimum absolute atomic E-state index is 0.303. The van der Waals surface area contributed by atoms with Gasteiger partial charge in [0.2, 0.25) is 5.28 Å². The van der Waals surface area contributed by atoms with Crippen molar-refractivity contribution in [2.45, 2.75) is 19.8 Å². The molecule has 0 aliphatic carbocycles. The van der Waals surface area contributed by atoms with Crippen LogP contribution in [0.5, 0.6) is 0 Å². The van der Waals surface area contributed by atoms with Crippen LogP contribution in [-0.2, 0) is 0 Å². The highest BCUT2D eigenvalue weighted by molar-refractivity contribution is 9.10. The molecule has 0 aliphatic heterocycles. The van der Waals surface area contributed by atoms with Gasteiger partial charge in [-0.3, -0.25) is 0 Å². The summed E-state index contributed by atoms with van der Waals surface area (Å²) in [4.78, 5) is 7.91. The minimum atomic E-state index is 0.303. The Hall–Kier alpha value is -0.150. The van der Waals surface area contributed by atoms with Crippen molar-refractivity contribution in [3.63, 3.8) is 0 Å². The van der Waals surface area contributed by atoms with E-state index in [1.807, 2.05) is 0 Å². The van der Waals surface area contributed by atoms with Gasteiger partial charge in [0.05, 0.1) is 10.2 Å². The first-order valence-electron chi connectivity index (χ1n) is 3.29. The summed E-state index contributed by atoms with van der Waals surface area (Å²) in [6, 6.07) is 0. The van der Waals surface area contributed by atoms with Crippen LogP contribution in [0.1, 0.15) is 25.5 Å². The molecule has 2 nitrogen and oxygen atoms in total. The third kappa shape index (κ3) is 2.14. The van der Waals surface area contributed by atoms with Gasteiger partial charge in [-0.2, -0.15) is 0 Å². The molecule has 0 bridgehead atoms. The summed E-state index contributed by atoms with van der Waals surface area (Å²) in [6.07, 6.45) is 1.67. The number of nitrogens with zero attached hydrogens (tertiary/aromatic N) is 2. The fourth-order valence-electron chi connectivity index (χ4n) is 0.763. The molecule has 0 radical (unpaired) electrons. The molecule has 0 atom stereocenters. The molecule has 0 saturated carbocycles. The van der Waals surface area contributed by atoms with Crippen molar-refractivity contribution in [2.24, 2.45) is 0 Å². The van der Waals surface area contributed by atoms with Gasteiger partial charge in [0.15, 0.2) is 0 Å². The smallest absolute Gasteiger partial charge is 0.222 e. The topological polar surface area (TPSA) is 25.8 Å². The SMILES string of the molecule is CC(C)c1nc(Cl)ncc1Br. The molecule has 1 rings (SSSR count). The zero-order chi connectivity index (χ0) is 8.43. The maximum absolute atomic E-state index is 5.62. The maximum atomic E-state index is 5.62. The van der Waals surface area contributed by atoms with Crippen LogP contribution in [0.4, 0.5) is 0 Å². The van der Waals surface area contributed by atoms with Crippen LogP contribution in [0, 0.1) is 0 Å². The molecular formula is C7H8BrClN2. The van der Waals surface area contributed by atoms with E-state index in [0.717, 1.165) is 10.2 Å². The summed E-state index contributed by atoms with van der Waals surface area (Å²) in [5.41, 5.74) is 0.949. The Bertz CT molecular complexity index is 263. The van der Waals surface area contributed by atoms with Crippen molar-refractivity contribution >= 4 is 27.5 Å². The number of hydrogen-bond acceptors (Lipinski definition) is 2. The van der Waals surface area contributed by atoms with Gasteiger partial charge >= 0.3 is 0 Å². The second kappa shape index (κ2) is 3.50. The molecule has 0 unspecified atom stereocenters. The van der Waals surface area contributed by atoms with Crippen molar-refractivity contribution in [3.05, 3.63) is 21.6 Å². The Kier molecular flexibility index (Phi) is 2.84. The van der Waals surface area contributed by atoms with E-state index < -0.39 is 0 Å². The zero-order valence-corrected chi connectivity index (χ0v) is 8.65. The molecule has 0 fully saturated rings. The van der Waals surface area contributed by atoms with Crippen LogP contribution >= 0.6 is 27.5 Å². The average molecular weight is 236 g/mol. The summed E-state index contributed by atoms with van der Waals surface area (Å²) in [7, 11) is 0. The second-order valence-electron chi connectivity index (χ2n) is 2.53. The van der Waals surface area contributed by atoms with Crippen molar-refractivity contribution in [3.8, 4) is 0 Å². The van der Waals surface area contributed by atoms with Crippen LogP contribution in [0.3, 0.4) is 0 Å². The predicted molar refractivity (Wildman–Crippen MR) is 48.8 cm³/mol. The first-order chi connectivity index (χ1) is 5.11. The largest absolute Gasteiger partial charge is 0.225 e. The van der Waals surface area contributed by atoms with E-state index in [2.05, 4.69) is 39.7 Å². The molecule has 0 aromatic carbocycles.